The van der Waals surface area contributed by atoms with Gasteiger partial charge in [-0.15, -0.1) is 12.6 Å². The molecule has 0 amide bonds. The number of carbonyl (C=O) groups excluding carboxylic acids is 1. The number of esters is 1. The topological polar surface area (TPSA) is 75.6 Å². The molecule has 0 spiro atoms. The zero-order valence-corrected chi connectivity index (χ0v) is 16.1. The molecule has 5 nitrogen and oxygen atoms in total. The van der Waals surface area contributed by atoms with Crippen molar-refractivity contribution in [2.45, 2.75) is 65.0 Å². The minimum absolute atomic E-state index is 0.0371. The van der Waals surface area contributed by atoms with Gasteiger partial charge in [-0.05, 0) is 69.4 Å². The van der Waals surface area contributed by atoms with Gasteiger partial charge in [-0.2, -0.15) is 0 Å². The lowest BCUT2D eigenvalue weighted by Crippen LogP contribution is -2.31. The number of carboxylic acids is 1. The molecule has 0 aromatic heterocycles. The summed E-state index contributed by atoms with van der Waals surface area (Å²) in [6, 6.07) is 0. The fourth-order valence-electron chi connectivity index (χ4n) is 2.66. The third-order valence-corrected chi connectivity index (χ3v) is 4.51. The third-order valence-electron chi connectivity index (χ3n) is 3.84. The van der Waals surface area contributed by atoms with Crippen molar-refractivity contribution in [1.29, 1.82) is 0 Å². The van der Waals surface area contributed by atoms with Gasteiger partial charge in [0.05, 0.1) is 13.0 Å². The Kier molecular flexibility index (Phi) is 6.86. The molecule has 1 aromatic carbocycles. The lowest BCUT2D eigenvalue weighted by atomic mass is 9.91. The Morgan fingerprint density at radius 2 is 1.62 bits per heavy atom. The highest BCUT2D eigenvalue weighted by atomic mass is 32.1. The third kappa shape index (κ3) is 5.53. The van der Waals surface area contributed by atoms with Crippen molar-refractivity contribution in [3.8, 4) is 0 Å². The second kappa shape index (κ2) is 8.03. The van der Waals surface area contributed by atoms with Crippen LogP contribution in [0.25, 0.3) is 0 Å². The number of rotatable bonds is 6. The quantitative estimate of drug-likeness (QED) is 0.541. The molecule has 2 N–H and O–H groups in total. The van der Waals surface area contributed by atoms with Gasteiger partial charge in [0.1, 0.15) is 5.60 Å². The molecule has 1 rings (SSSR count). The SMILES string of the molecule is Cc1c(S)c(C)c(CC(=O)O)c(C)c1CNCC(=O)OC(C)(C)C. The van der Waals surface area contributed by atoms with E-state index in [4.69, 9.17) is 9.84 Å². The van der Waals surface area contributed by atoms with Crippen molar-refractivity contribution in [2.24, 2.45) is 0 Å². The number of nitrogens with one attached hydrogen (secondary N) is 1. The van der Waals surface area contributed by atoms with Gasteiger partial charge in [0.25, 0.3) is 0 Å². The van der Waals surface area contributed by atoms with E-state index in [2.05, 4.69) is 17.9 Å². The first kappa shape index (κ1) is 20.5. The van der Waals surface area contributed by atoms with Crippen LogP contribution in [0, 0.1) is 20.8 Å². The lowest BCUT2D eigenvalue weighted by Gasteiger charge is -2.21. The van der Waals surface area contributed by atoms with E-state index >= 15 is 0 Å². The van der Waals surface area contributed by atoms with E-state index in [0.717, 1.165) is 32.7 Å². The molecule has 0 atom stereocenters. The van der Waals surface area contributed by atoms with Crippen molar-refractivity contribution in [2.75, 3.05) is 6.54 Å². The number of carbonyl (C=O) groups is 2. The van der Waals surface area contributed by atoms with Gasteiger partial charge in [-0.3, -0.25) is 9.59 Å². The maximum atomic E-state index is 11.8. The van der Waals surface area contributed by atoms with Crippen LogP contribution in [0.15, 0.2) is 4.90 Å². The van der Waals surface area contributed by atoms with Crippen molar-refractivity contribution >= 4 is 24.6 Å². The van der Waals surface area contributed by atoms with Crippen molar-refractivity contribution in [3.63, 3.8) is 0 Å². The van der Waals surface area contributed by atoms with Gasteiger partial charge < -0.3 is 15.2 Å². The predicted octanol–water partition coefficient (Wildman–Crippen LogP) is 2.96. The molecule has 0 saturated heterocycles. The monoisotopic (exact) mass is 353 g/mol. The van der Waals surface area contributed by atoms with Gasteiger partial charge >= 0.3 is 11.9 Å². The van der Waals surface area contributed by atoms with E-state index in [1.165, 1.54) is 0 Å². The van der Waals surface area contributed by atoms with E-state index in [1.807, 2.05) is 41.5 Å². The van der Waals surface area contributed by atoms with Crippen molar-refractivity contribution < 1.29 is 19.4 Å². The van der Waals surface area contributed by atoms with E-state index in [-0.39, 0.29) is 18.9 Å². The molecular weight excluding hydrogens is 326 g/mol. The number of carboxylic acid groups (broad SMARTS) is 1. The van der Waals surface area contributed by atoms with Crippen LogP contribution in [-0.4, -0.2) is 29.2 Å². The number of hydrogen-bond donors (Lipinski definition) is 3. The van der Waals surface area contributed by atoms with E-state index < -0.39 is 11.6 Å². The number of ether oxygens (including phenoxy) is 1. The molecule has 0 bridgehead atoms. The Morgan fingerprint density at radius 1 is 1.08 bits per heavy atom. The highest BCUT2D eigenvalue weighted by Crippen LogP contribution is 2.30. The summed E-state index contributed by atoms with van der Waals surface area (Å²) in [6.07, 6.45) is -0.0371. The van der Waals surface area contributed by atoms with Crippen LogP contribution in [0.1, 0.15) is 48.6 Å². The number of aliphatic carboxylic acids is 1. The average molecular weight is 353 g/mol. The Hall–Kier alpha value is -1.53. The van der Waals surface area contributed by atoms with Crippen LogP contribution >= 0.6 is 12.6 Å². The van der Waals surface area contributed by atoms with Crippen LogP contribution in [0.4, 0.5) is 0 Å². The van der Waals surface area contributed by atoms with Gasteiger partial charge in [0.15, 0.2) is 0 Å². The summed E-state index contributed by atoms with van der Waals surface area (Å²) < 4.78 is 5.26. The smallest absolute Gasteiger partial charge is 0.320 e. The van der Waals surface area contributed by atoms with Crippen LogP contribution in [0.5, 0.6) is 0 Å². The summed E-state index contributed by atoms with van der Waals surface area (Å²) in [5, 5.41) is 12.2. The zero-order chi connectivity index (χ0) is 18.7. The highest BCUT2D eigenvalue weighted by molar-refractivity contribution is 7.80. The van der Waals surface area contributed by atoms with Gasteiger partial charge in [-0.1, -0.05) is 0 Å². The molecule has 0 radical (unpaired) electrons. The van der Waals surface area contributed by atoms with Gasteiger partial charge in [0, 0.05) is 11.4 Å². The first-order valence-electron chi connectivity index (χ1n) is 7.89. The van der Waals surface area contributed by atoms with Crippen molar-refractivity contribution in [1.82, 2.24) is 5.32 Å². The average Bonchev–Trinajstić information content (AvgIpc) is 2.43. The second-order valence-electron chi connectivity index (χ2n) is 6.94. The van der Waals surface area contributed by atoms with Crippen LogP contribution < -0.4 is 5.32 Å². The van der Waals surface area contributed by atoms with E-state index in [1.54, 1.807) is 0 Å². The maximum Gasteiger partial charge on any atom is 0.320 e. The molecule has 1 aromatic rings. The summed E-state index contributed by atoms with van der Waals surface area (Å²) in [7, 11) is 0. The molecule has 0 aliphatic heterocycles. The van der Waals surface area contributed by atoms with Crippen LogP contribution in [0.3, 0.4) is 0 Å². The summed E-state index contributed by atoms with van der Waals surface area (Å²) in [6.45, 7) is 11.8. The summed E-state index contributed by atoms with van der Waals surface area (Å²) in [5.41, 5.74) is 4.08. The molecule has 134 valence electrons. The first-order valence-corrected chi connectivity index (χ1v) is 8.33. The minimum atomic E-state index is -0.870. The Balaban J connectivity index is 2.94. The Labute approximate surface area is 149 Å². The summed E-state index contributed by atoms with van der Waals surface area (Å²) in [4.78, 5) is 23.7. The van der Waals surface area contributed by atoms with Gasteiger partial charge in [0.2, 0.25) is 0 Å². The van der Waals surface area contributed by atoms with Crippen LogP contribution in [0.2, 0.25) is 0 Å². The molecule has 0 fully saturated rings. The van der Waals surface area contributed by atoms with Crippen LogP contribution in [-0.2, 0) is 27.3 Å². The normalized spacial score (nSPS) is 11.5. The maximum absolute atomic E-state index is 11.8. The molecule has 24 heavy (non-hydrogen) atoms. The summed E-state index contributed by atoms with van der Waals surface area (Å²) in [5.74, 6) is -1.19. The molecule has 0 aliphatic carbocycles. The number of hydrogen-bond acceptors (Lipinski definition) is 5. The van der Waals surface area contributed by atoms with E-state index in [0.29, 0.717) is 6.54 Å². The number of thiol groups is 1. The largest absolute Gasteiger partial charge is 0.481 e. The van der Waals surface area contributed by atoms with Gasteiger partial charge in [-0.25, -0.2) is 0 Å². The molecule has 0 heterocycles. The van der Waals surface area contributed by atoms with E-state index in [9.17, 15) is 9.59 Å². The van der Waals surface area contributed by atoms with Crippen molar-refractivity contribution in [3.05, 3.63) is 27.8 Å². The predicted molar refractivity (Wildman–Crippen MR) is 96.8 cm³/mol. The Bertz CT molecular complexity index is 648. The standard InChI is InChI=1S/C18H27NO4S/c1-10-13(7-15(20)21)11(2)17(24)12(3)14(10)8-19-9-16(22)23-18(4,5)6/h19,24H,7-9H2,1-6H3,(H,20,21). The number of benzene rings is 1. The summed E-state index contributed by atoms with van der Waals surface area (Å²) >= 11 is 4.53. The first-order chi connectivity index (χ1) is 10.9. The molecular formula is C18H27NO4S. The minimum Gasteiger partial charge on any atom is -0.481 e. The highest BCUT2D eigenvalue weighted by Gasteiger charge is 2.18. The zero-order valence-electron chi connectivity index (χ0n) is 15.2. The molecule has 0 aliphatic rings. The molecule has 6 heteroatoms. The molecule has 0 saturated carbocycles. The Morgan fingerprint density at radius 3 is 2.12 bits per heavy atom. The second-order valence-corrected chi connectivity index (χ2v) is 7.39. The fourth-order valence-corrected chi connectivity index (χ4v) is 2.93. The fraction of sp³-hybridized carbons (Fsp3) is 0.556. The lowest BCUT2D eigenvalue weighted by molar-refractivity contribution is -0.153. The molecule has 0 unspecified atom stereocenters.